The van der Waals surface area contributed by atoms with E-state index in [1.165, 1.54) is 4.80 Å². The number of carbonyl (C=O) groups excluding carboxylic acids is 1. The third-order valence-electron chi connectivity index (χ3n) is 3.07. The summed E-state index contributed by atoms with van der Waals surface area (Å²) in [6, 6.07) is 17.0. The molecule has 0 bridgehead atoms. The van der Waals surface area contributed by atoms with Crippen LogP contribution in [-0.2, 0) is 22.7 Å². The molecule has 3 aromatic rings. The number of hydrogen-bond acceptors (Lipinski definition) is 5. The van der Waals surface area contributed by atoms with Crippen LogP contribution in [0.25, 0.3) is 11.4 Å². The summed E-state index contributed by atoms with van der Waals surface area (Å²) >= 11 is 3.36. The van der Waals surface area contributed by atoms with Gasteiger partial charge in [-0.25, -0.2) is 4.79 Å². The molecule has 6 nitrogen and oxygen atoms in total. The third-order valence-corrected chi connectivity index (χ3v) is 3.60. The van der Waals surface area contributed by atoms with E-state index in [2.05, 4.69) is 31.3 Å². The zero-order chi connectivity index (χ0) is 16.1. The summed E-state index contributed by atoms with van der Waals surface area (Å²) < 4.78 is 6.18. The predicted octanol–water partition coefficient (Wildman–Crippen LogP) is 2.85. The molecular weight excluding hydrogens is 360 g/mol. The maximum Gasteiger partial charge on any atom is 0.330 e. The van der Waals surface area contributed by atoms with Crippen molar-refractivity contribution in [2.24, 2.45) is 0 Å². The lowest BCUT2D eigenvalue weighted by atomic mass is 10.2. The van der Waals surface area contributed by atoms with E-state index in [1.807, 2.05) is 54.6 Å². The fourth-order valence-electron chi connectivity index (χ4n) is 1.92. The van der Waals surface area contributed by atoms with Gasteiger partial charge < -0.3 is 4.74 Å². The summed E-state index contributed by atoms with van der Waals surface area (Å²) in [5.41, 5.74) is 1.76. The van der Waals surface area contributed by atoms with Crippen molar-refractivity contribution in [1.82, 2.24) is 20.2 Å². The van der Waals surface area contributed by atoms with Crippen LogP contribution in [0.1, 0.15) is 5.56 Å². The molecule has 0 saturated heterocycles. The van der Waals surface area contributed by atoms with Crippen LogP contribution in [0.5, 0.6) is 0 Å². The molecule has 0 fully saturated rings. The minimum Gasteiger partial charge on any atom is -0.459 e. The molecule has 0 saturated carbocycles. The summed E-state index contributed by atoms with van der Waals surface area (Å²) in [5.74, 6) is 0.0660. The van der Waals surface area contributed by atoms with Crippen LogP contribution in [0.2, 0.25) is 0 Å². The number of nitrogens with zero attached hydrogens (tertiary/aromatic N) is 4. The van der Waals surface area contributed by atoms with E-state index in [9.17, 15) is 4.79 Å². The topological polar surface area (TPSA) is 69.9 Å². The Balaban J connectivity index is 1.56. The van der Waals surface area contributed by atoms with Crippen molar-refractivity contribution < 1.29 is 9.53 Å². The van der Waals surface area contributed by atoms with Crippen molar-refractivity contribution in [3.63, 3.8) is 0 Å². The van der Waals surface area contributed by atoms with Crippen molar-refractivity contribution in [3.8, 4) is 11.4 Å². The minimum atomic E-state index is -0.412. The summed E-state index contributed by atoms with van der Waals surface area (Å²) in [6.07, 6.45) is 0. The van der Waals surface area contributed by atoms with Gasteiger partial charge in [-0.3, -0.25) is 0 Å². The van der Waals surface area contributed by atoms with E-state index in [-0.39, 0.29) is 13.2 Å². The molecule has 0 aliphatic rings. The predicted molar refractivity (Wildman–Crippen MR) is 87.2 cm³/mol. The summed E-state index contributed by atoms with van der Waals surface area (Å²) in [6.45, 7) is 0.142. The molecule has 0 unspecified atom stereocenters. The van der Waals surface area contributed by atoms with E-state index in [0.717, 1.165) is 15.6 Å². The van der Waals surface area contributed by atoms with E-state index in [1.54, 1.807) is 0 Å². The Morgan fingerprint density at radius 2 is 1.83 bits per heavy atom. The minimum absolute atomic E-state index is 0.0731. The van der Waals surface area contributed by atoms with Crippen molar-refractivity contribution in [2.45, 2.75) is 13.2 Å². The number of esters is 1. The molecule has 0 N–H and O–H groups in total. The van der Waals surface area contributed by atoms with Crippen LogP contribution in [-0.4, -0.2) is 26.2 Å². The Labute approximate surface area is 141 Å². The Morgan fingerprint density at radius 1 is 1.09 bits per heavy atom. The fourth-order valence-corrected chi connectivity index (χ4v) is 2.18. The highest BCUT2D eigenvalue weighted by molar-refractivity contribution is 9.10. The van der Waals surface area contributed by atoms with Gasteiger partial charge in [0.2, 0.25) is 5.82 Å². The number of tetrazole rings is 1. The van der Waals surface area contributed by atoms with Gasteiger partial charge in [-0.05, 0) is 22.9 Å². The molecule has 0 amide bonds. The van der Waals surface area contributed by atoms with Gasteiger partial charge in [0.25, 0.3) is 0 Å². The first-order chi connectivity index (χ1) is 11.2. The number of rotatable bonds is 5. The molecule has 116 valence electrons. The first-order valence-corrected chi connectivity index (χ1v) is 7.73. The highest BCUT2D eigenvalue weighted by Gasteiger charge is 2.10. The number of halogens is 1. The molecule has 0 aliphatic heterocycles. The summed E-state index contributed by atoms with van der Waals surface area (Å²) in [7, 11) is 0. The molecule has 1 heterocycles. The average molecular weight is 373 g/mol. The van der Waals surface area contributed by atoms with Crippen molar-refractivity contribution in [2.75, 3.05) is 0 Å². The second kappa shape index (κ2) is 7.15. The first kappa shape index (κ1) is 15.4. The normalized spacial score (nSPS) is 10.5. The van der Waals surface area contributed by atoms with Crippen LogP contribution in [0.15, 0.2) is 59.1 Å². The van der Waals surface area contributed by atoms with Crippen molar-refractivity contribution in [1.29, 1.82) is 0 Å². The van der Waals surface area contributed by atoms with Gasteiger partial charge >= 0.3 is 5.97 Å². The number of ether oxygens (including phenoxy) is 1. The first-order valence-electron chi connectivity index (χ1n) is 6.94. The van der Waals surface area contributed by atoms with Gasteiger partial charge in [0.1, 0.15) is 6.61 Å². The fraction of sp³-hybridized carbons (Fsp3) is 0.125. The van der Waals surface area contributed by atoms with Crippen LogP contribution >= 0.6 is 15.9 Å². The van der Waals surface area contributed by atoms with E-state index in [4.69, 9.17) is 4.74 Å². The maximum atomic E-state index is 11.8. The van der Waals surface area contributed by atoms with Crippen LogP contribution in [0.4, 0.5) is 0 Å². The molecule has 7 heteroatoms. The summed E-state index contributed by atoms with van der Waals surface area (Å²) in [4.78, 5) is 13.1. The second-order valence-electron chi connectivity index (χ2n) is 4.80. The Hall–Kier alpha value is -2.54. The van der Waals surface area contributed by atoms with Crippen LogP contribution in [0, 0.1) is 0 Å². The van der Waals surface area contributed by atoms with E-state index >= 15 is 0 Å². The maximum absolute atomic E-state index is 11.8. The Kier molecular flexibility index (Phi) is 4.77. The van der Waals surface area contributed by atoms with Crippen LogP contribution < -0.4 is 0 Å². The average Bonchev–Trinajstić information content (AvgIpc) is 3.04. The standard InChI is InChI=1S/C16H13BrN4O2/c17-14-8-6-12(7-9-14)11-23-15(22)10-21-19-16(18-20-21)13-4-2-1-3-5-13/h1-9H,10-11H2. The molecule has 0 spiro atoms. The van der Waals surface area contributed by atoms with Crippen molar-refractivity contribution >= 4 is 21.9 Å². The largest absolute Gasteiger partial charge is 0.459 e. The van der Waals surface area contributed by atoms with Gasteiger partial charge in [-0.1, -0.05) is 58.4 Å². The second-order valence-corrected chi connectivity index (χ2v) is 5.71. The Morgan fingerprint density at radius 3 is 2.57 bits per heavy atom. The Bertz CT molecular complexity index is 787. The molecule has 2 aromatic carbocycles. The molecular formula is C16H13BrN4O2. The molecule has 1 aromatic heterocycles. The molecule has 3 rings (SSSR count). The highest BCUT2D eigenvalue weighted by Crippen LogP contribution is 2.12. The lowest BCUT2D eigenvalue weighted by molar-refractivity contribution is -0.146. The van der Waals surface area contributed by atoms with Crippen molar-refractivity contribution in [3.05, 3.63) is 64.6 Å². The quantitative estimate of drug-likeness (QED) is 0.644. The van der Waals surface area contributed by atoms with Gasteiger partial charge in [0.05, 0.1) is 0 Å². The summed E-state index contributed by atoms with van der Waals surface area (Å²) in [5, 5.41) is 12.0. The highest BCUT2D eigenvalue weighted by atomic mass is 79.9. The number of carbonyl (C=O) groups is 1. The van der Waals surface area contributed by atoms with Gasteiger partial charge in [-0.2, -0.15) is 4.80 Å². The third kappa shape index (κ3) is 4.23. The number of hydrogen-bond donors (Lipinski definition) is 0. The number of benzene rings is 2. The monoisotopic (exact) mass is 372 g/mol. The zero-order valence-electron chi connectivity index (χ0n) is 12.1. The molecule has 23 heavy (non-hydrogen) atoms. The lowest BCUT2D eigenvalue weighted by Gasteiger charge is -2.04. The smallest absolute Gasteiger partial charge is 0.330 e. The van der Waals surface area contributed by atoms with E-state index in [0.29, 0.717) is 5.82 Å². The number of aromatic nitrogens is 4. The SMILES string of the molecule is O=C(Cn1nnc(-c2ccccc2)n1)OCc1ccc(Br)cc1. The van der Waals surface area contributed by atoms with Gasteiger partial charge in [0, 0.05) is 10.0 Å². The van der Waals surface area contributed by atoms with Gasteiger partial charge in [0.15, 0.2) is 6.54 Å². The molecule has 0 radical (unpaired) electrons. The van der Waals surface area contributed by atoms with E-state index < -0.39 is 5.97 Å². The van der Waals surface area contributed by atoms with Crippen LogP contribution in [0.3, 0.4) is 0 Å². The molecule has 0 aliphatic carbocycles. The van der Waals surface area contributed by atoms with Gasteiger partial charge in [-0.15, -0.1) is 10.2 Å². The lowest BCUT2D eigenvalue weighted by Crippen LogP contribution is -2.15. The zero-order valence-corrected chi connectivity index (χ0v) is 13.7. The molecule has 0 atom stereocenters.